The molecule has 1 fully saturated rings. The van der Waals surface area contributed by atoms with Crippen LogP contribution in [0.25, 0.3) is 0 Å². The van der Waals surface area contributed by atoms with Crippen LogP contribution in [0.1, 0.15) is 38.7 Å². The number of carboxylic acids is 2. The number of aliphatic imine (C=N–C) groups is 1. The Kier molecular flexibility index (Phi) is 17.3. The molecule has 0 radical (unpaired) electrons. The summed E-state index contributed by atoms with van der Waals surface area (Å²) in [6.45, 7) is 5.75. The summed E-state index contributed by atoms with van der Waals surface area (Å²) < 4.78 is 67.2. The Morgan fingerprint density at radius 1 is 1.05 bits per heavy atom. The van der Waals surface area contributed by atoms with Crippen molar-refractivity contribution in [2.75, 3.05) is 45.8 Å². The number of halogens is 3. The fraction of sp³-hybridized carbons (Fsp3) is 0.583. The van der Waals surface area contributed by atoms with E-state index in [0.29, 0.717) is 38.8 Å². The van der Waals surface area contributed by atoms with Crippen molar-refractivity contribution < 1.29 is 46.2 Å². The summed E-state index contributed by atoms with van der Waals surface area (Å²) in [4.78, 5) is 38.2. The summed E-state index contributed by atoms with van der Waals surface area (Å²) in [5, 5.41) is 14.8. The number of hydrogen-bond acceptors (Lipinski definition) is 8. The summed E-state index contributed by atoms with van der Waals surface area (Å²) in [6, 6.07) is 2.20. The number of carboxylic acid groups (broad SMARTS) is 2. The lowest BCUT2D eigenvalue weighted by Crippen LogP contribution is -2.55. The lowest BCUT2D eigenvalue weighted by atomic mass is 10.1. The maximum absolute atomic E-state index is 13.2. The predicted molar refractivity (Wildman–Crippen MR) is 149 cm³/mol. The van der Waals surface area contributed by atoms with Gasteiger partial charge in [-0.2, -0.15) is 17.9 Å². The standard InChI is InChI=1S/C20H32F3N7O3S.2C2H4O2/c21-20(22,23)15-4-1-5-16(14-15)34(32,33)28-17(6-2-8-27-19(25)26)18(31)30-12-10-29(11-13-30)9-3-7-24;2*1-2(3)4/h1,4-5,14,17,28H,2-3,6-13,24H2,(H4,25,26,27);2*1H3,(H,3,4)/t17-;;/m0../s1. The van der Waals surface area contributed by atoms with Crippen LogP contribution in [0, 0.1) is 0 Å². The molecule has 18 heteroatoms. The molecule has 240 valence electrons. The van der Waals surface area contributed by atoms with Crippen LogP contribution in [-0.4, -0.2) is 104 Å². The number of nitrogens with one attached hydrogen (secondary N) is 1. The molecule has 2 rings (SSSR count). The van der Waals surface area contributed by atoms with Crippen LogP contribution in [0.2, 0.25) is 0 Å². The average Bonchev–Trinajstić information content (AvgIpc) is 2.88. The van der Waals surface area contributed by atoms with Crippen LogP contribution in [0.4, 0.5) is 13.2 Å². The van der Waals surface area contributed by atoms with Gasteiger partial charge in [0.1, 0.15) is 6.04 Å². The van der Waals surface area contributed by atoms with Crippen LogP contribution >= 0.6 is 0 Å². The van der Waals surface area contributed by atoms with Crippen molar-refractivity contribution in [1.82, 2.24) is 14.5 Å². The summed E-state index contributed by atoms with van der Waals surface area (Å²) in [6.07, 6.45) is -3.51. The first kappa shape index (κ1) is 38.5. The van der Waals surface area contributed by atoms with Crippen molar-refractivity contribution in [2.45, 2.75) is 50.2 Å². The average molecular weight is 628 g/mol. The first-order chi connectivity index (χ1) is 19.4. The Morgan fingerprint density at radius 3 is 2.07 bits per heavy atom. The van der Waals surface area contributed by atoms with Crippen molar-refractivity contribution in [3.63, 3.8) is 0 Å². The van der Waals surface area contributed by atoms with Crippen LogP contribution in [-0.2, 0) is 30.6 Å². The Bertz CT molecular complexity index is 1120. The number of alkyl halides is 3. The number of guanidine groups is 1. The molecule has 1 amide bonds. The van der Waals surface area contributed by atoms with E-state index in [9.17, 15) is 26.4 Å². The van der Waals surface area contributed by atoms with Gasteiger partial charge < -0.3 is 32.3 Å². The summed E-state index contributed by atoms with van der Waals surface area (Å²) in [5.74, 6) is -2.25. The largest absolute Gasteiger partial charge is 0.481 e. The molecule has 1 aliphatic heterocycles. The molecule has 1 atom stereocenters. The Labute approximate surface area is 242 Å². The molecular weight excluding hydrogens is 587 g/mol. The quantitative estimate of drug-likeness (QED) is 0.109. The van der Waals surface area contributed by atoms with E-state index in [1.807, 2.05) is 0 Å². The molecule has 1 aromatic carbocycles. The molecule has 0 saturated carbocycles. The highest BCUT2D eigenvalue weighted by Gasteiger charge is 2.34. The van der Waals surface area contributed by atoms with Crippen LogP contribution in [0.15, 0.2) is 34.2 Å². The van der Waals surface area contributed by atoms with Crippen molar-refractivity contribution in [3.8, 4) is 0 Å². The van der Waals surface area contributed by atoms with Gasteiger partial charge in [-0.25, -0.2) is 8.42 Å². The van der Waals surface area contributed by atoms with Gasteiger partial charge in [-0.1, -0.05) is 6.07 Å². The van der Waals surface area contributed by atoms with Gasteiger partial charge in [0.05, 0.1) is 10.5 Å². The first-order valence-corrected chi connectivity index (χ1v) is 14.2. The number of carbonyl (C=O) groups excluding carboxylic acids is 1. The van der Waals surface area contributed by atoms with E-state index in [1.165, 1.54) is 0 Å². The molecule has 1 heterocycles. The number of nitrogens with two attached hydrogens (primary N) is 3. The van der Waals surface area contributed by atoms with Crippen molar-refractivity contribution in [3.05, 3.63) is 29.8 Å². The summed E-state index contributed by atoms with van der Waals surface area (Å²) in [5.41, 5.74) is 15.0. The smallest absolute Gasteiger partial charge is 0.416 e. The lowest BCUT2D eigenvalue weighted by Gasteiger charge is -2.36. The molecule has 1 saturated heterocycles. The van der Waals surface area contributed by atoms with E-state index in [2.05, 4.69) is 14.6 Å². The molecule has 42 heavy (non-hydrogen) atoms. The molecule has 0 spiro atoms. The minimum Gasteiger partial charge on any atom is -0.481 e. The van der Waals surface area contributed by atoms with E-state index in [-0.39, 0.29) is 25.3 Å². The van der Waals surface area contributed by atoms with Crippen LogP contribution in [0.3, 0.4) is 0 Å². The highest BCUT2D eigenvalue weighted by molar-refractivity contribution is 7.89. The van der Waals surface area contributed by atoms with Gasteiger partial charge in [0, 0.05) is 46.6 Å². The Balaban J connectivity index is 0.00000186. The molecule has 9 N–H and O–H groups in total. The van der Waals surface area contributed by atoms with Gasteiger partial charge in [0.15, 0.2) is 5.96 Å². The van der Waals surface area contributed by atoms with E-state index in [4.69, 9.17) is 37.0 Å². The minimum absolute atomic E-state index is 0.0706. The molecular formula is C24H40F3N7O7S. The van der Waals surface area contributed by atoms with Gasteiger partial charge in [0.25, 0.3) is 11.9 Å². The topological polar surface area (TPSA) is 235 Å². The SMILES string of the molecule is CC(=O)O.CC(=O)O.NCCCN1CCN(C(=O)[C@H](CCCN=C(N)N)NS(=O)(=O)c2cccc(C(F)(F)F)c2)CC1. The third-order valence-electron chi connectivity index (χ3n) is 5.37. The number of amides is 1. The normalized spacial score (nSPS) is 14.4. The van der Waals surface area contributed by atoms with E-state index < -0.39 is 50.5 Å². The Hall–Kier alpha value is -3.48. The van der Waals surface area contributed by atoms with Gasteiger partial charge in [-0.05, 0) is 50.6 Å². The zero-order chi connectivity index (χ0) is 32.5. The Morgan fingerprint density at radius 2 is 1.60 bits per heavy atom. The second kappa shape index (κ2) is 18.9. The van der Waals surface area contributed by atoms with Crippen molar-refractivity contribution in [2.24, 2.45) is 22.2 Å². The number of aliphatic carboxylic acids is 2. The number of benzene rings is 1. The van der Waals surface area contributed by atoms with Crippen molar-refractivity contribution >= 4 is 33.8 Å². The second-order valence-corrected chi connectivity index (χ2v) is 10.7. The fourth-order valence-corrected chi connectivity index (χ4v) is 4.83. The monoisotopic (exact) mass is 627 g/mol. The van der Waals surface area contributed by atoms with Gasteiger partial charge in [-0.3, -0.25) is 24.3 Å². The first-order valence-electron chi connectivity index (χ1n) is 12.8. The zero-order valence-corrected chi connectivity index (χ0v) is 24.3. The highest BCUT2D eigenvalue weighted by atomic mass is 32.2. The number of rotatable bonds is 11. The molecule has 0 bridgehead atoms. The molecule has 0 aliphatic carbocycles. The molecule has 14 nitrogen and oxygen atoms in total. The van der Waals surface area contributed by atoms with E-state index in [0.717, 1.165) is 45.0 Å². The van der Waals surface area contributed by atoms with Crippen LogP contribution in [0.5, 0.6) is 0 Å². The number of piperazine rings is 1. The van der Waals surface area contributed by atoms with E-state index >= 15 is 0 Å². The van der Waals surface area contributed by atoms with Gasteiger partial charge >= 0.3 is 6.18 Å². The third kappa shape index (κ3) is 16.7. The summed E-state index contributed by atoms with van der Waals surface area (Å²) in [7, 11) is -4.41. The number of nitrogens with zero attached hydrogens (tertiary/aromatic N) is 3. The van der Waals surface area contributed by atoms with Crippen LogP contribution < -0.4 is 21.9 Å². The maximum Gasteiger partial charge on any atom is 0.416 e. The summed E-state index contributed by atoms with van der Waals surface area (Å²) >= 11 is 0. The second-order valence-electron chi connectivity index (χ2n) is 9.00. The van der Waals surface area contributed by atoms with Crippen molar-refractivity contribution in [1.29, 1.82) is 0 Å². The predicted octanol–water partition coefficient (Wildman–Crippen LogP) is 0.0807. The van der Waals surface area contributed by atoms with E-state index in [1.54, 1.807) is 4.90 Å². The molecule has 0 unspecified atom stereocenters. The molecule has 1 aliphatic rings. The van der Waals surface area contributed by atoms with Gasteiger partial charge in [0.2, 0.25) is 15.9 Å². The highest BCUT2D eigenvalue weighted by Crippen LogP contribution is 2.30. The number of sulfonamides is 1. The maximum atomic E-state index is 13.2. The van der Waals surface area contributed by atoms with Gasteiger partial charge in [-0.15, -0.1) is 0 Å². The molecule has 1 aromatic rings. The lowest BCUT2D eigenvalue weighted by molar-refractivity contribution is -0.138. The third-order valence-corrected chi connectivity index (χ3v) is 6.84. The molecule has 0 aromatic heterocycles. The minimum atomic E-state index is -4.70. The zero-order valence-electron chi connectivity index (χ0n) is 23.5. The number of hydrogen-bond donors (Lipinski definition) is 6. The fourth-order valence-electron chi connectivity index (χ4n) is 3.56. The number of carbonyl (C=O) groups is 3.